The van der Waals surface area contributed by atoms with Crippen molar-refractivity contribution in [2.24, 2.45) is 17.6 Å². The molecule has 21 nitrogen and oxygen atoms in total. The van der Waals surface area contributed by atoms with Gasteiger partial charge in [0, 0.05) is 50.9 Å². The molecule has 3 heterocycles. The zero-order valence-corrected chi connectivity index (χ0v) is 40.6. The maximum atomic E-state index is 14.3. The van der Waals surface area contributed by atoms with Crippen LogP contribution < -0.4 is 32.3 Å². The summed E-state index contributed by atoms with van der Waals surface area (Å²) in [4.78, 5) is 99.7. The predicted octanol–water partition coefficient (Wildman–Crippen LogP) is -1.43. The van der Waals surface area contributed by atoms with E-state index < -0.39 is 127 Å². The fourth-order valence-electron chi connectivity index (χ4n) is 9.17. The van der Waals surface area contributed by atoms with E-state index in [1.165, 1.54) is 56.9 Å². The van der Waals surface area contributed by atoms with Gasteiger partial charge in [0.2, 0.25) is 41.4 Å². The van der Waals surface area contributed by atoms with Gasteiger partial charge >= 0.3 is 0 Å². The quantitative estimate of drug-likeness (QED) is 0.0752. The van der Waals surface area contributed by atoms with E-state index in [1.807, 2.05) is 0 Å². The van der Waals surface area contributed by atoms with Gasteiger partial charge in [-0.3, -0.25) is 33.6 Å². The molecule has 0 aliphatic carbocycles. The molecule has 388 valence electrons. The number of rotatable bonds is 18. The summed E-state index contributed by atoms with van der Waals surface area (Å²) in [5, 5.41) is 77.1. The van der Waals surface area contributed by atoms with Crippen molar-refractivity contribution in [1.29, 1.82) is 0 Å². The molecule has 69 heavy (non-hydrogen) atoms. The number of aliphatic hydroxyl groups is 5. The molecule has 1 aromatic rings. The molecule has 0 radical (unpaired) electrons. The molecular weight excluding hydrogens is 897 g/mol. The van der Waals surface area contributed by atoms with Crippen molar-refractivity contribution in [2.45, 2.75) is 184 Å². The first-order chi connectivity index (χ1) is 32.7. The molecular formula is C48H78N8O13. The number of unbranched alkanes of at least 4 members (excludes halogenated alkanes) is 7. The SMILES string of the molecule is CC[C@H](C)CCCCCCCCCCC(=O)N[C@H]1CC(N)CNC(=O)[C@@H]2[C@@H](O)[C@@H](C)CN2C(=O)[C@H](CO)NC(=O)[C@H]([C@@H](O)Cc2ccc(O)cc2)NC(=O)[C@@H]2C[C@@H](O)CN2C(=O)[C@H]([C@@H](C)O)NC1=O. The van der Waals surface area contributed by atoms with Crippen molar-refractivity contribution in [3.8, 4) is 5.75 Å². The summed E-state index contributed by atoms with van der Waals surface area (Å²) in [5.74, 6) is -6.44. The van der Waals surface area contributed by atoms with Crippen LogP contribution in [0.4, 0.5) is 0 Å². The third-order valence-corrected chi connectivity index (χ3v) is 13.6. The minimum Gasteiger partial charge on any atom is -0.508 e. The van der Waals surface area contributed by atoms with Crippen LogP contribution in [-0.2, 0) is 40.0 Å². The fraction of sp³-hybridized carbons (Fsp3) is 0.729. The van der Waals surface area contributed by atoms with Crippen LogP contribution in [0.2, 0.25) is 0 Å². The Hall–Kier alpha value is -4.93. The highest BCUT2D eigenvalue weighted by molar-refractivity contribution is 5.98. The first-order valence-electron chi connectivity index (χ1n) is 24.7. The van der Waals surface area contributed by atoms with E-state index in [9.17, 15) is 64.2 Å². The van der Waals surface area contributed by atoms with E-state index in [2.05, 4.69) is 40.4 Å². The number of aliphatic hydroxyl groups excluding tert-OH is 5. The Morgan fingerprint density at radius 1 is 0.797 bits per heavy atom. The number of nitrogens with two attached hydrogens (primary N) is 1. The molecule has 13 N–H and O–H groups in total. The van der Waals surface area contributed by atoms with E-state index in [0.29, 0.717) is 12.0 Å². The molecule has 0 aromatic heterocycles. The first-order valence-corrected chi connectivity index (χ1v) is 24.7. The highest BCUT2D eigenvalue weighted by Crippen LogP contribution is 2.26. The molecule has 13 atom stereocenters. The Bertz CT molecular complexity index is 1870. The topological polar surface area (TPSA) is 334 Å². The number of benzene rings is 1. The van der Waals surface area contributed by atoms with Crippen LogP contribution in [0.15, 0.2) is 24.3 Å². The van der Waals surface area contributed by atoms with Gasteiger partial charge in [-0.25, -0.2) is 0 Å². The molecule has 3 aliphatic rings. The molecule has 0 spiro atoms. The summed E-state index contributed by atoms with van der Waals surface area (Å²) < 4.78 is 0. The van der Waals surface area contributed by atoms with Gasteiger partial charge in [-0.15, -0.1) is 0 Å². The Kier molecular flexibility index (Phi) is 22.5. The monoisotopic (exact) mass is 975 g/mol. The minimum atomic E-state index is -1.88. The number of phenolic OH excluding ortho intramolecular Hbond substituents is 1. The lowest BCUT2D eigenvalue weighted by atomic mass is 9.99. The highest BCUT2D eigenvalue weighted by atomic mass is 16.3. The number of hydrogen-bond acceptors (Lipinski definition) is 14. The molecule has 21 heteroatoms. The summed E-state index contributed by atoms with van der Waals surface area (Å²) in [7, 11) is 0. The minimum absolute atomic E-state index is 0.0737. The smallest absolute Gasteiger partial charge is 0.248 e. The van der Waals surface area contributed by atoms with Gasteiger partial charge in [0.25, 0.3) is 0 Å². The van der Waals surface area contributed by atoms with Gasteiger partial charge < -0.3 is 72.8 Å². The maximum Gasteiger partial charge on any atom is 0.248 e. The number of hydrogen-bond donors (Lipinski definition) is 12. The number of carbonyl (C=O) groups is 7. The lowest BCUT2D eigenvalue weighted by Crippen LogP contribution is -2.63. The molecule has 3 aliphatic heterocycles. The van der Waals surface area contributed by atoms with Crippen molar-refractivity contribution in [3.63, 3.8) is 0 Å². The van der Waals surface area contributed by atoms with E-state index in [-0.39, 0.29) is 44.5 Å². The Morgan fingerprint density at radius 2 is 1.42 bits per heavy atom. The molecule has 3 fully saturated rings. The predicted molar refractivity (Wildman–Crippen MR) is 252 cm³/mol. The van der Waals surface area contributed by atoms with Crippen LogP contribution in [0.1, 0.15) is 117 Å². The second-order valence-corrected chi connectivity index (χ2v) is 19.4. The van der Waals surface area contributed by atoms with Crippen molar-refractivity contribution in [3.05, 3.63) is 29.8 Å². The second-order valence-electron chi connectivity index (χ2n) is 19.4. The third kappa shape index (κ3) is 16.6. The van der Waals surface area contributed by atoms with Crippen LogP contribution in [-0.4, -0.2) is 175 Å². The Labute approximate surface area is 404 Å². The summed E-state index contributed by atoms with van der Waals surface area (Å²) in [5.41, 5.74) is 6.87. The van der Waals surface area contributed by atoms with Crippen LogP contribution in [0.25, 0.3) is 0 Å². The number of fused-ring (bicyclic) bond motifs is 2. The molecule has 0 bridgehead atoms. The number of carbonyl (C=O) groups excluding carboxylic acids is 7. The largest absolute Gasteiger partial charge is 0.508 e. The lowest BCUT2D eigenvalue weighted by Gasteiger charge is -2.32. The maximum absolute atomic E-state index is 14.3. The second kappa shape index (κ2) is 27.5. The number of amides is 7. The van der Waals surface area contributed by atoms with E-state index in [4.69, 9.17) is 5.73 Å². The van der Waals surface area contributed by atoms with Crippen molar-refractivity contribution >= 4 is 41.4 Å². The van der Waals surface area contributed by atoms with E-state index in [0.717, 1.165) is 47.8 Å². The Balaban J connectivity index is 1.61. The summed E-state index contributed by atoms with van der Waals surface area (Å²) in [6.45, 7) is 5.33. The van der Waals surface area contributed by atoms with Gasteiger partial charge in [0.1, 0.15) is 42.0 Å². The standard InChI is InChI=1S/C48H78N8O13/c1-5-27(2)14-12-10-8-6-7-9-11-13-15-38(62)51-34-21-31(49)23-50-46(67)41-42(63)28(3)24-56(41)47(68)35(26-57)52-45(66)40(37(61)20-30-16-18-32(59)19-17-30)54-44(65)36-22-33(60)25-55(36)48(69)39(29(4)58)53-43(34)64/h16-19,27-29,31,33-37,39-42,57-61,63H,5-15,20-26,49H2,1-4H3,(H,50,67)(H,51,62)(H,52,66)(H,53,64)(H,54,65)/t27-,28-,29+,31?,33+,34-,35-,36-,37-,39-,40-,41-,42-/m0/s1. The highest BCUT2D eigenvalue weighted by Gasteiger charge is 2.48. The van der Waals surface area contributed by atoms with E-state index in [1.54, 1.807) is 6.92 Å². The first kappa shape index (κ1) is 56.7. The van der Waals surface area contributed by atoms with Crippen molar-refractivity contribution in [2.75, 3.05) is 26.2 Å². The zero-order chi connectivity index (χ0) is 50.9. The zero-order valence-electron chi connectivity index (χ0n) is 40.6. The third-order valence-electron chi connectivity index (χ3n) is 13.6. The number of nitrogens with zero attached hydrogens (tertiary/aromatic N) is 2. The van der Waals surface area contributed by atoms with Gasteiger partial charge in [-0.2, -0.15) is 0 Å². The van der Waals surface area contributed by atoms with Gasteiger partial charge in [-0.1, -0.05) is 90.7 Å². The fourth-order valence-corrected chi connectivity index (χ4v) is 9.17. The number of nitrogens with one attached hydrogen (secondary N) is 5. The van der Waals surface area contributed by atoms with Crippen LogP contribution in [0.5, 0.6) is 5.75 Å². The summed E-state index contributed by atoms with van der Waals surface area (Å²) in [6.07, 6.45) is 3.50. The molecule has 4 rings (SSSR count). The van der Waals surface area contributed by atoms with Crippen molar-refractivity contribution in [1.82, 2.24) is 36.4 Å². The molecule has 1 unspecified atom stereocenters. The average molecular weight is 975 g/mol. The summed E-state index contributed by atoms with van der Waals surface area (Å²) >= 11 is 0. The van der Waals surface area contributed by atoms with Gasteiger partial charge in [0.05, 0.1) is 31.0 Å². The van der Waals surface area contributed by atoms with E-state index >= 15 is 0 Å². The number of phenols is 1. The molecule has 0 saturated carbocycles. The van der Waals surface area contributed by atoms with Crippen LogP contribution in [0.3, 0.4) is 0 Å². The average Bonchev–Trinajstić information content (AvgIpc) is 3.85. The molecule has 1 aromatic carbocycles. The van der Waals surface area contributed by atoms with Gasteiger partial charge in [0.15, 0.2) is 0 Å². The van der Waals surface area contributed by atoms with Crippen molar-refractivity contribution < 1.29 is 64.2 Å². The molecule has 3 saturated heterocycles. The lowest BCUT2D eigenvalue weighted by molar-refractivity contribution is -0.146. The normalized spacial score (nSPS) is 29.1. The summed E-state index contributed by atoms with van der Waals surface area (Å²) in [6, 6.07) is -5.28. The van der Waals surface area contributed by atoms with Crippen LogP contribution in [0, 0.1) is 11.8 Å². The van der Waals surface area contributed by atoms with Crippen LogP contribution >= 0.6 is 0 Å². The Morgan fingerprint density at radius 3 is 2.04 bits per heavy atom. The van der Waals surface area contributed by atoms with Gasteiger partial charge in [-0.05, 0) is 43.4 Å². The molecule has 7 amide bonds. The number of aromatic hydroxyl groups is 1.